The highest BCUT2D eigenvalue weighted by molar-refractivity contribution is 5.75. The molecule has 0 amide bonds. The quantitative estimate of drug-likeness (QED) is 0.545. The normalized spacial score (nSPS) is 10.2. The Hall–Kier alpha value is -2.02. The molecule has 4 heteroatoms. The predicted octanol–water partition coefficient (Wildman–Crippen LogP) is 1.49. The molecular formula is C11H12N4. The van der Waals surface area contributed by atoms with E-state index in [1.165, 1.54) is 0 Å². The summed E-state index contributed by atoms with van der Waals surface area (Å²) in [5.74, 6) is 0. The van der Waals surface area contributed by atoms with E-state index >= 15 is 0 Å². The molecule has 0 aliphatic heterocycles. The zero-order valence-corrected chi connectivity index (χ0v) is 8.81. The fraction of sp³-hybridized carbons (Fsp3) is 0.273. The summed E-state index contributed by atoms with van der Waals surface area (Å²) in [6.07, 6.45) is 3.87. The fourth-order valence-electron chi connectivity index (χ4n) is 1.59. The third-order valence-electron chi connectivity index (χ3n) is 2.38. The molecule has 0 N–H and O–H groups in total. The van der Waals surface area contributed by atoms with E-state index in [1.54, 1.807) is 18.3 Å². The van der Waals surface area contributed by atoms with Crippen LogP contribution in [0.15, 0.2) is 24.5 Å². The Bertz CT molecular complexity index is 521. The van der Waals surface area contributed by atoms with Crippen LogP contribution in [0.1, 0.15) is 5.56 Å². The first-order chi connectivity index (χ1) is 7.20. The molecule has 1 heterocycles. The zero-order chi connectivity index (χ0) is 10.8. The number of aryl methyl sites for hydroxylation is 1. The summed E-state index contributed by atoms with van der Waals surface area (Å²) in [7, 11) is 3.74. The summed E-state index contributed by atoms with van der Waals surface area (Å²) in [4.78, 5) is 5.86. The minimum absolute atomic E-state index is 0.628. The Labute approximate surface area is 88.4 Å². The maximum Gasteiger partial charge on any atom is 0.179 e. The van der Waals surface area contributed by atoms with Gasteiger partial charge in [0.1, 0.15) is 0 Å². The van der Waals surface area contributed by atoms with Crippen molar-refractivity contribution in [2.24, 2.45) is 7.05 Å². The van der Waals surface area contributed by atoms with Crippen LogP contribution in [0.4, 0.5) is 0 Å². The standard InChI is InChI=1S/C11H12N4/c1-14(7-12)6-9-3-4-11-10(5-9)13-8-15(11)2/h3-5,8H,6H2,1-2H3. The molecule has 1 aromatic heterocycles. The number of imidazole rings is 1. The van der Waals surface area contributed by atoms with Crippen LogP contribution < -0.4 is 0 Å². The number of rotatable bonds is 2. The highest BCUT2D eigenvalue weighted by Gasteiger charge is 2.02. The number of benzene rings is 1. The topological polar surface area (TPSA) is 44.9 Å². The van der Waals surface area contributed by atoms with Gasteiger partial charge < -0.3 is 9.47 Å². The summed E-state index contributed by atoms with van der Waals surface area (Å²) in [5, 5.41) is 8.67. The van der Waals surface area contributed by atoms with Gasteiger partial charge in [-0.05, 0) is 17.7 Å². The van der Waals surface area contributed by atoms with Crippen molar-refractivity contribution >= 4 is 11.0 Å². The first-order valence-corrected chi connectivity index (χ1v) is 4.71. The average Bonchev–Trinajstić information content (AvgIpc) is 2.60. The molecule has 76 valence electrons. The summed E-state index contributed by atoms with van der Waals surface area (Å²) in [6, 6.07) is 6.07. The Balaban J connectivity index is 2.36. The van der Waals surface area contributed by atoms with Gasteiger partial charge in [-0.25, -0.2) is 4.98 Å². The summed E-state index contributed by atoms with van der Waals surface area (Å²) in [6.45, 7) is 0.628. The minimum atomic E-state index is 0.628. The fourth-order valence-corrected chi connectivity index (χ4v) is 1.59. The summed E-state index contributed by atoms with van der Waals surface area (Å²) in [5.41, 5.74) is 3.19. The number of hydrogen-bond acceptors (Lipinski definition) is 3. The lowest BCUT2D eigenvalue weighted by Gasteiger charge is -2.08. The van der Waals surface area contributed by atoms with Crippen LogP contribution in [-0.2, 0) is 13.6 Å². The molecule has 0 saturated carbocycles. The molecule has 0 unspecified atom stereocenters. The van der Waals surface area contributed by atoms with Crippen LogP contribution >= 0.6 is 0 Å². The third-order valence-corrected chi connectivity index (χ3v) is 2.38. The Kier molecular flexibility index (Phi) is 2.30. The Morgan fingerprint density at radius 3 is 3.07 bits per heavy atom. The van der Waals surface area contributed by atoms with Gasteiger partial charge in [0.25, 0.3) is 0 Å². The van der Waals surface area contributed by atoms with E-state index in [9.17, 15) is 0 Å². The van der Waals surface area contributed by atoms with Crippen molar-refractivity contribution in [2.75, 3.05) is 7.05 Å². The lowest BCUT2D eigenvalue weighted by molar-refractivity contribution is 0.470. The maximum atomic E-state index is 8.67. The molecular weight excluding hydrogens is 188 g/mol. The van der Waals surface area contributed by atoms with Gasteiger partial charge in [0.2, 0.25) is 0 Å². The number of nitrogens with zero attached hydrogens (tertiary/aromatic N) is 4. The predicted molar refractivity (Wildman–Crippen MR) is 57.8 cm³/mol. The van der Waals surface area contributed by atoms with E-state index in [4.69, 9.17) is 5.26 Å². The van der Waals surface area contributed by atoms with E-state index in [1.807, 2.05) is 29.8 Å². The molecule has 0 atom stereocenters. The number of hydrogen-bond donors (Lipinski definition) is 0. The second kappa shape index (κ2) is 3.62. The second-order valence-corrected chi connectivity index (χ2v) is 3.63. The van der Waals surface area contributed by atoms with E-state index in [0.717, 1.165) is 16.6 Å². The molecule has 4 nitrogen and oxygen atoms in total. The Morgan fingerprint density at radius 2 is 2.33 bits per heavy atom. The van der Waals surface area contributed by atoms with E-state index in [0.29, 0.717) is 6.54 Å². The highest BCUT2D eigenvalue weighted by atomic mass is 15.1. The molecule has 0 bridgehead atoms. The number of fused-ring (bicyclic) bond motifs is 1. The molecule has 1 aromatic carbocycles. The van der Waals surface area contributed by atoms with Gasteiger partial charge in [-0.15, -0.1) is 0 Å². The lowest BCUT2D eigenvalue weighted by Crippen LogP contribution is -2.09. The first-order valence-electron chi connectivity index (χ1n) is 4.71. The molecule has 2 rings (SSSR count). The Morgan fingerprint density at radius 1 is 1.53 bits per heavy atom. The monoisotopic (exact) mass is 200 g/mol. The van der Waals surface area contributed by atoms with E-state index in [-0.39, 0.29) is 0 Å². The van der Waals surface area contributed by atoms with Gasteiger partial charge in [-0.2, -0.15) is 5.26 Å². The van der Waals surface area contributed by atoms with Crippen LogP contribution in [0.2, 0.25) is 0 Å². The van der Waals surface area contributed by atoms with Crippen LogP contribution in [0.5, 0.6) is 0 Å². The maximum absolute atomic E-state index is 8.67. The van der Waals surface area contributed by atoms with Gasteiger partial charge >= 0.3 is 0 Å². The molecule has 0 saturated heterocycles. The zero-order valence-electron chi connectivity index (χ0n) is 8.81. The molecule has 0 spiro atoms. The van der Waals surface area contributed by atoms with Crippen molar-refractivity contribution in [3.05, 3.63) is 30.1 Å². The van der Waals surface area contributed by atoms with Crippen molar-refractivity contribution in [3.63, 3.8) is 0 Å². The van der Waals surface area contributed by atoms with Gasteiger partial charge in [0.15, 0.2) is 6.19 Å². The average molecular weight is 200 g/mol. The van der Waals surface area contributed by atoms with Crippen molar-refractivity contribution < 1.29 is 0 Å². The van der Waals surface area contributed by atoms with Crippen LogP contribution in [0.3, 0.4) is 0 Å². The highest BCUT2D eigenvalue weighted by Crippen LogP contribution is 2.14. The largest absolute Gasteiger partial charge is 0.334 e. The van der Waals surface area contributed by atoms with Gasteiger partial charge in [0.05, 0.1) is 23.9 Å². The van der Waals surface area contributed by atoms with Crippen LogP contribution in [0.25, 0.3) is 11.0 Å². The second-order valence-electron chi connectivity index (χ2n) is 3.63. The van der Waals surface area contributed by atoms with Crippen molar-refractivity contribution in [1.29, 1.82) is 5.26 Å². The van der Waals surface area contributed by atoms with Crippen molar-refractivity contribution in [3.8, 4) is 6.19 Å². The molecule has 0 fully saturated rings. The van der Waals surface area contributed by atoms with E-state index < -0.39 is 0 Å². The lowest BCUT2D eigenvalue weighted by atomic mass is 10.2. The molecule has 2 aromatic rings. The van der Waals surface area contributed by atoms with Crippen molar-refractivity contribution in [1.82, 2.24) is 14.5 Å². The van der Waals surface area contributed by atoms with Crippen molar-refractivity contribution in [2.45, 2.75) is 6.54 Å². The van der Waals surface area contributed by atoms with Gasteiger partial charge in [0, 0.05) is 14.1 Å². The molecule has 0 radical (unpaired) electrons. The third kappa shape index (κ3) is 1.77. The smallest absolute Gasteiger partial charge is 0.179 e. The number of aromatic nitrogens is 2. The summed E-state index contributed by atoms with van der Waals surface area (Å²) >= 11 is 0. The van der Waals surface area contributed by atoms with E-state index in [2.05, 4.69) is 11.2 Å². The SMILES string of the molecule is CN(C#N)Cc1ccc2c(c1)ncn2C. The van der Waals surface area contributed by atoms with Gasteiger partial charge in [-0.3, -0.25) is 0 Å². The van der Waals surface area contributed by atoms with Crippen LogP contribution in [0, 0.1) is 11.5 Å². The van der Waals surface area contributed by atoms with Crippen LogP contribution in [-0.4, -0.2) is 21.5 Å². The summed E-state index contributed by atoms with van der Waals surface area (Å²) < 4.78 is 1.98. The van der Waals surface area contributed by atoms with Gasteiger partial charge in [-0.1, -0.05) is 6.07 Å². The first kappa shape index (κ1) is 9.53. The molecule has 0 aliphatic carbocycles. The molecule has 0 aliphatic rings. The molecule has 15 heavy (non-hydrogen) atoms. The minimum Gasteiger partial charge on any atom is -0.334 e. The number of nitriles is 1.